The summed E-state index contributed by atoms with van der Waals surface area (Å²) in [5.41, 5.74) is 2.79. The molecule has 1 aromatic heterocycles. The Morgan fingerprint density at radius 3 is 2.61 bits per heavy atom. The lowest BCUT2D eigenvalue weighted by Crippen LogP contribution is -1.92. The summed E-state index contributed by atoms with van der Waals surface area (Å²) in [4.78, 5) is 7.80. The van der Waals surface area contributed by atoms with Gasteiger partial charge in [0.15, 0.2) is 10.7 Å². The summed E-state index contributed by atoms with van der Waals surface area (Å²) in [7, 11) is 3.20. The highest BCUT2D eigenvalue weighted by molar-refractivity contribution is 9.10. The summed E-state index contributed by atoms with van der Waals surface area (Å²) in [6, 6.07) is 11.0. The lowest BCUT2D eigenvalue weighted by Gasteiger charge is -2.11. The van der Waals surface area contributed by atoms with Crippen LogP contribution in [0.5, 0.6) is 11.5 Å². The van der Waals surface area contributed by atoms with E-state index in [1.165, 1.54) is 0 Å². The quantitative estimate of drug-likeness (QED) is 0.597. The molecule has 0 N–H and O–H groups in total. The molecule has 2 aromatic carbocycles. The Morgan fingerprint density at radius 2 is 1.91 bits per heavy atom. The van der Waals surface area contributed by atoms with Gasteiger partial charge in [-0.25, -0.2) is 0 Å². The predicted molar refractivity (Wildman–Crippen MR) is 92.7 cm³/mol. The van der Waals surface area contributed by atoms with Crippen LogP contribution in [0.1, 0.15) is 0 Å². The van der Waals surface area contributed by atoms with Crippen molar-refractivity contribution in [2.45, 2.75) is 0 Å². The van der Waals surface area contributed by atoms with Crippen LogP contribution >= 0.6 is 15.9 Å². The minimum atomic E-state index is 0.452. The molecule has 6 heteroatoms. The molecule has 0 saturated carbocycles. The molecule has 1 heterocycles. The Balaban J connectivity index is 2.40. The molecule has 114 valence electrons. The van der Waals surface area contributed by atoms with E-state index in [0.717, 1.165) is 26.5 Å². The molecule has 0 atom stereocenters. The number of hydrogen-bond donors (Lipinski definition) is 0. The van der Waals surface area contributed by atoms with Gasteiger partial charge in [-0.05, 0) is 40.2 Å². The van der Waals surface area contributed by atoms with E-state index in [1.807, 2.05) is 24.3 Å². The van der Waals surface area contributed by atoms with Crippen molar-refractivity contribution >= 4 is 32.5 Å². The minimum absolute atomic E-state index is 0.452. The number of benzene rings is 2. The number of hydrogen-bond acceptors (Lipinski definition) is 4. The molecule has 0 unspecified atom stereocenters. The van der Waals surface area contributed by atoms with Gasteiger partial charge in [0.1, 0.15) is 11.3 Å². The van der Waals surface area contributed by atoms with Gasteiger partial charge < -0.3 is 9.47 Å². The Morgan fingerprint density at radius 1 is 1.09 bits per heavy atom. The highest BCUT2D eigenvalue weighted by Crippen LogP contribution is 2.43. The average molecular weight is 371 g/mol. The maximum absolute atomic E-state index is 9.32. The predicted octanol–water partition coefficient (Wildman–Crippen LogP) is 5.17. The van der Waals surface area contributed by atoms with Gasteiger partial charge in [0.05, 0.1) is 24.3 Å². The molecule has 0 radical (unpaired) electrons. The second-order valence-electron chi connectivity index (χ2n) is 4.82. The Bertz CT molecular complexity index is 935. The number of aromatic nitrogens is 1. The Labute approximate surface area is 141 Å². The number of rotatable bonds is 3. The number of halogens is 1. The Kier molecular flexibility index (Phi) is 4.13. The first-order valence-electron chi connectivity index (χ1n) is 6.84. The topological polar surface area (TPSA) is 59.5 Å². The molecule has 0 amide bonds. The van der Waals surface area contributed by atoms with Crippen LogP contribution in [0.2, 0.25) is 0 Å². The van der Waals surface area contributed by atoms with Crippen molar-refractivity contribution in [1.82, 2.24) is 4.98 Å². The highest BCUT2D eigenvalue weighted by atomic mass is 79.9. The molecule has 0 aliphatic heterocycles. The summed E-state index contributed by atoms with van der Waals surface area (Å²) in [6.45, 7) is 0. The smallest absolute Gasteiger partial charge is 0.393 e. The monoisotopic (exact) mass is 370 g/mol. The zero-order valence-electron chi connectivity index (χ0n) is 12.6. The number of methoxy groups -OCH3 is 2. The molecule has 0 fully saturated rings. The molecule has 5 nitrogen and oxygen atoms in total. The van der Waals surface area contributed by atoms with E-state index >= 15 is 0 Å². The van der Waals surface area contributed by atoms with Crippen molar-refractivity contribution in [2.75, 3.05) is 14.2 Å². The van der Waals surface area contributed by atoms with Crippen LogP contribution in [-0.4, -0.2) is 19.2 Å². The zero-order chi connectivity index (χ0) is 16.4. The Hall–Kier alpha value is -2.65. The van der Waals surface area contributed by atoms with Gasteiger partial charge in [-0.1, -0.05) is 6.07 Å². The molecule has 0 spiro atoms. The molecular formula is C17H13BrN3O2+. The van der Waals surface area contributed by atoms with Crippen LogP contribution in [0.3, 0.4) is 0 Å². The third-order valence-electron chi connectivity index (χ3n) is 3.61. The van der Waals surface area contributed by atoms with Crippen molar-refractivity contribution in [3.63, 3.8) is 0 Å². The molecular weight excluding hydrogens is 358 g/mol. The molecule has 3 rings (SSSR count). The van der Waals surface area contributed by atoms with Gasteiger partial charge >= 0.3 is 5.69 Å². The second-order valence-corrected chi connectivity index (χ2v) is 5.68. The van der Waals surface area contributed by atoms with Crippen LogP contribution < -0.4 is 9.47 Å². The number of fused-ring (bicyclic) bond motifs is 1. The first-order valence-corrected chi connectivity index (χ1v) is 7.63. The third-order valence-corrected chi connectivity index (χ3v) is 4.20. The fraction of sp³-hybridized carbons (Fsp3) is 0.118. The van der Waals surface area contributed by atoms with E-state index in [0.29, 0.717) is 17.2 Å². The number of nitrogens with zero attached hydrogens (tertiary/aromatic N) is 3. The maximum Gasteiger partial charge on any atom is 0.393 e. The minimum Gasteiger partial charge on any atom is -0.497 e. The summed E-state index contributed by atoms with van der Waals surface area (Å²) >= 11 is 3.52. The van der Waals surface area contributed by atoms with Crippen LogP contribution in [0.4, 0.5) is 5.69 Å². The van der Waals surface area contributed by atoms with E-state index in [4.69, 9.17) is 9.47 Å². The lowest BCUT2D eigenvalue weighted by atomic mass is 9.98. The lowest BCUT2D eigenvalue weighted by molar-refractivity contribution is 0.415. The molecule has 23 heavy (non-hydrogen) atoms. The normalized spacial score (nSPS) is 10.3. The standard InChI is InChI=1S/C17H13BrN3O2/c1-22-10-5-6-15(21-19)13(8-10)12-9-14(18)17(23-2)16-11(12)4-3-7-20-16/h3-9H,1-2H3/q+1. The van der Waals surface area contributed by atoms with Crippen molar-refractivity contribution in [2.24, 2.45) is 0 Å². The number of diazo groups is 1. The van der Waals surface area contributed by atoms with Gasteiger partial charge in [0.25, 0.3) is 0 Å². The maximum atomic E-state index is 9.32. The summed E-state index contributed by atoms with van der Waals surface area (Å²) < 4.78 is 11.5. The van der Waals surface area contributed by atoms with Crippen LogP contribution in [0.15, 0.2) is 47.1 Å². The first-order chi connectivity index (χ1) is 11.2. The molecule has 0 saturated heterocycles. The van der Waals surface area contributed by atoms with Crippen molar-refractivity contribution < 1.29 is 9.47 Å². The van der Waals surface area contributed by atoms with Gasteiger partial charge in [-0.15, -0.1) is 0 Å². The summed E-state index contributed by atoms with van der Waals surface area (Å²) in [6.07, 6.45) is 1.71. The second kappa shape index (κ2) is 6.23. The number of ether oxygens (including phenoxy) is 2. The van der Waals surface area contributed by atoms with Gasteiger partial charge in [0.2, 0.25) is 5.39 Å². The van der Waals surface area contributed by atoms with Crippen LogP contribution in [-0.2, 0) is 0 Å². The molecule has 3 aromatic rings. The summed E-state index contributed by atoms with van der Waals surface area (Å²) in [5.74, 6) is 1.34. The zero-order valence-corrected chi connectivity index (χ0v) is 14.2. The third kappa shape index (κ3) is 2.60. The largest absolute Gasteiger partial charge is 0.497 e. The van der Waals surface area contributed by atoms with Gasteiger partial charge in [0, 0.05) is 23.2 Å². The van der Waals surface area contributed by atoms with Gasteiger partial charge in [-0.3, -0.25) is 4.98 Å². The van der Waals surface area contributed by atoms with Crippen molar-refractivity contribution in [1.29, 1.82) is 5.39 Å². The first kappa shape index (κ1) is 15.3. The fourth-order valence-electron chi connectivity index (χ4n) is 2.55. The average Bonchev–Trinajstić information content (AvgIpc) is 2.60. The van der Waals surface area contributed by atoms with E-state index in [-0.39, 0.29) is 0 Å². The summed E-state index contributed by atoms with van der Waals surface area (Å²) in [5, 5.41) is 10.2. The fourth-order valence-corrected chi connectivity index (χ4v) is 3.13. The van der Waals surface area contributed by atoms with E-state index in [9.17, 15) is 5.39 Å². The molecule has 0 bridgehead atoms. The van der Waals surface area contributed by atoms with Crippen LogP contribution in [0.25, 0.3) is 27.0 Å². The molecule has 0 aliphatic rings. The van der Waals surface area contributed by atoms with E-state index < -0.39 is 0 Å². The van der Waals surface area contributed by atoms with Crippen molar-refractivity contribution in [3.8, 4) is 22.6 Å². The van der Waals surface area contributed by atoms with Gasteiger partial charge in [-0.2, -0.15) is 0 Å². The van der Waals surface area contributed by atoms with Crippen LogP contribution in [0, 0.1) is 5.39 Å². The number of pyridine rings is 1. The SMILES string of the molecule is COc1ccc([N+]#N)c(-c2cc(Br)c(OC)c3ncccc23)c1. The van der Waals surface area contributed by atoms with E-state index in [2.05, 4.69) is 25.9 Å². The highest BCUT2D eigenvalue weighted by Gasteiger charge is 2.21. The molecule has 0 aliphatic carbocycles. The van der Waals surface area contributed by atoms with Crippen molar-refractivity contribution in [3.05, 3.63) is 52.0 Å². The van der Waals surface area contributed by atoms with E-state index in [1.54, 1.807) is 32.5 Å².